The van der Waals surface area contributed by atoms with Crippen molar-refractivity contribution in [1.29, 1.82) is 0 Å². The number of nitrogens with one attached hydrogen (secondary N) is 2. The first-order valence-corrected chi connectivity index (χ1v) is 12.8. The van der Waals surface area contributed by atoms with Gasteiger partial charge in [0.2, 0.25) is 5.91 Å². The number of anilines is 2. The van der Waals surface area contributed by atoms with Crippen molar-refractivity contribution < 1.29 is 18.7 Å². The van der Waals surface area contributed by atoms with Gasteiger partial charge in [0.05, 0.1) is 24.0 Å². The zero-order valence-electron chi connectivity index (χ0n) is 20.5. The number of methoxy groups -OCH3 is 1. The molecule has 0 aliphatic carbocycles. The first kappa shape index (κ1) is 26.6. The molecule has 8 nitrogen and oxygen atoms in total. The molecule has 1 aliphatic rings. The molecule has 1 fully saturated rings. The summed E-state index contributed by atoms with van der Waals surface area (Å²) in [5.41, 5.74) is 2.83. The fourth-order valence-corrected chi connectivity index (χ4v) is 4.36. The van der Waals surface area contributed by atoms with E-state index in [0.29, 0.717) is 22.8 Å². The molecule has 37 heavy (non-hydrogen) atoms. The summed E-state index contributed by atoms with van der Waals surface area (Å²) in [7, 11) is 3.42. The Balaban J connectivity index is 1.42. The lowest BCUT2D eigenvalue weighted by Gasteiger charge is -2.35. The van der Waals surface area contributed by atoms with Crippen molar-refractivity contribution in [3.63, 3.8) is 0 Å². The Morgan fingerprint density at radius 2 is 1.78 bits per heavy atom. The number of thiocarbonyl (C=S) groups is 1. The third-order valence-electron chi connectivity index (χ3n) is 5.90. The lowest BCUT2D eigenvalue weighted by atomic mass is 10.1. The summed E-state index contributed by atoms with van der Waals surface area (Å²) in [6.45, 7) is 3.49. The van der Waals surface area contributed by atoms with Crippen LogP contribution in [0, 0.1) is 0 Å². The molecule has 192 valence electrons. The number of hydrogen-bond acceptors (Lipinski definition) is 7. The van der Waals surface area contributed by atoms with Gasteiger partial charge in [-0.25, -0.2) is 4.79 Å². The van der Waals surface area contributed by atoms with Crippen LogP contribution in [0.1, 0.15) is 16.1 Å². The van der Waals surface area contributed by atoms with Crippen LogP contribution < -0.4 is 15.5 Å². The van der Waals surface area contributed by atoms with Crippen LogP contribution in [0.5, 0.6) is 0 Å². The molecule has 4 rings (SSSR count). The van der Waals surface area contributed by atoms with E-state index in [1.54, 1.807) is 24.3 Å². The van der Waals surface area contributed by atoms with E-state index >= 15 is 0 Å². The van der Waals surface area contributed by atoms with Gasteiger partial charge in [0.1, 0.15) is 11.5 Å². The summed E-state index contributed by atoms with van der Waals surface area (Å²) in [5, 5.41) is 5.83. The Hall–Kier alpha value is -3.47. The van der Waals surface area contributed by atoms with Crippen molar-refractivity contribution in [1.82, 2.24) is 10.2 Å². The highest BCUT2D eigenvalue weighted by atomic mass is 79.9. The average Bonchev–Trinajstić information content (AvgIpc) is 3.37. The van der Waals surface area contributed by atoms with Crippen molar-refractivity contribution in [2.24, 2.45) is 0 Å². The molecule has 0 saturated carbocycles. The van der Waals surface area contributed by atoms with Gasteiger partial charge in [0.15, 0.2) is 5.11 Å². The van der Waals surface area contributed by atoms with Crippen LogP contribution in [0.25, 0.3) is 17.4 Å². The number of nitrogens with zero attached hydrogens (tertiary/aromatic N) is 2. The topological polar surface area (TPSA) is 87.0 Å². The Morgan fingerprint density at radius 3 is 2.49 bits per heavy atom. The molecular weight excluding hydrogens is 556 g/mol. The average molecular weight is 584 g/mol. The van der Waals surface area contributed by atoms with Gasteiger partial charge in [-0.2, -0.15) is 0 Å². The predicted molar refractivity (Wildman–Crippen MR) is 153 cm³/mol. The number of amides is 1. The van der Waals surface area contributed by atoms with Crippen molar-refractivity contribution in [2.45, 2.75) is 0 Å². The predicted octanol–water partition coefficient (Wildman–Crippen LogP) is 4.77. The van der Waals surface area contributed by atoms with E-state index in [-0.39, 0.29) is 5.11 Å². The minimum atomic E-state index is -0.452. The number of likely N-dealkylation sites (N-methyl/N-ethyl adjacent to an activating group) is 1. The van der Waals surface area contributed by atoms with Crippen LogP contribution in [-0.4, -0.2) is 62.2 Å². The van der Waals surface area contributed by atoms with Gasteiger partial charge < -0.3 is 24.3 Å². The van der Waals surface area contributed by atoms with Crippen molar-refractivity contribution in [2.75, 3.05) is 50.6 Å². The molecule has 2 heterocycles. The lowest BCUT2D eigenvalue weighted by molar-refractivity contribution is -0.115. The fourth-order valence-electron chi connectivity index (χ4n) is 3.88. The Kier molecular flexibility index (Phi) is 8.75. The number of hydrogen-bond donors (Lipinski definition) is 2. The molecule has 0 bridgehead atoms. The normalized spacial score (nSPS) is 14.0. The number of carbonyl (C=O) groups is 2. The molecule has 1 amide bonds. The maximum atomic E-state index is 12.5. The number of ether oxygens (including phenoxy) is 1. The summed E-state index contributed by atoms with van der Waals surface area (Å²) in [5.74, 6) is 0.373. The largest absolute Gasteiger partial charge is 0.465 e. The molecule has 1 saturated heterocycles. The Bertz CT molecular complexity index is 1310. The number of halogens is 1. The third-order valence-corrected chi connectivity index (χ3v) is 6.63. The molecule has 2 aromatic carbocycles. The quantitative estimate of drug-likeness (QED) is 0.244. The van der Waals surface area contributed by atoms with Gasteiger partial charge in [-0.3, -0.25) is 10.1 Å². The number of piperazine rings is 1. The van der Waals surface area contributed by atoms with E-state index in [1.807, 2.05) is 36.4 Å². The summed E-state index contributed by atoms with van der Waals surface area (Å²) in [4.78, 5) is 29.1. The maximum Gasteiger partial charge on any atom is 0.337 e. The van der Waals surface area contributed by atoms with Gasteiger partial charge in [-0.1, -0.05) is 28.1 Å². The summed E-state index contributed by atoms with van der Waals surface area (Å²) in [6.07, 6.45) is 2.93. The summed E-state index contributed by atoms with van der Waals surface area (Å²) >= 11 is 8.81. The molecule has 10 heteroatoms. The van der Waals surface area contributed by atoms with Gasteiger partial charge >= 0.3 is 5.97 Å². The minimum absolute atomic E-state index is 0.113. The van der Waals surface area contributed by atoms with E-state index < -0.39 is 11.9 Å². The maximum absolute atomic E-state index is 12.5. The van der Waals surface area contributed by atoms with E-state index in [0.717, 1.165) is 41.9 Å². The molecule has 0 radical (unpaired) electrons. The van der Waals surface area contributed by atoms with E-state index in [9.17, 15) is 9.59 Å². The molecular formula is C27H27BrN4O4S. The van der Waals surface area contributed by atoms with Crippen molar-refractivity contribution >= 4 is 62.6 Å². The van der Waals surface area contributed by atoms with Crippen LogP contribution in [0.15, 0.2) is 69.6 Å². The van der Waals surface area contributed by atoms with Gasteiger partial charge in [0.25, 0.3) is 0 Å². The van der Waals surface area contributed by atoms with Crippen LogP contribution >= 0.6 is 28.1 Å². The zero-order chi connectivity index (χ0) is 26.4. The molecule has 0 unspecified atom stereocenters. The molecule has 0 spiro atoms. The van der Waals surface area contributed by atoms with E-state index in [4.69, 9.17) is 21.4 Å². The second-order valence-electron chi connectivity index (χ2n) is 8.50. The summed E-state index contributed by atoms with van der Waals surface area (Å²) in [6, 6.07) is 16.7. The van der Waals surface area contributed by atoms with Crippen LogP contribution in [-0.2, 0) is 9.53 Å². The van der Waals surface area contributed by atoms with Gasteiger partial charge in [-0.15, -0.1) is 0 Å². The SMILES string of the molecule is COC(=O)c1ccc(N2CCN(C)CC2)c(NC(=S)NC(=O)/C=C/c2ccc(-c3ccc(Br)cc3)o2)c1. The second-order valence-corrected chi connectivity index (χ2v) is 9.82. The molecule has 3 aromatic rings. The van der Waals surface area contributed by atoms with Crippen LogP contribution in [0.2, 0.25) is 0 Å². The second kappa shape index (κ2) is 12.2. The number of esters is 1. The van der Waals surface area contributed by atoms with Crippen LogP contribution in [0.4, 0.5) is 11.4 Å². The highest BCUT2D eigenvalue weighted by Gasteiger charge is 2.19. The third kappa shape index (κ3) is 7.06. The molecule has 0 atom stereocenters. The monoisotopic (exact) mass is 582 g/mol. The highest BCUT2D eigenvalue weighted by Crippen LogP contribution is 2.29. The summed E-state index contributed by atoms with van der Waals surface area (Å²) < 4.78 is 11.7. The Morgan fingerprint density at radius 1 is 1.05 bits per heavy atom. The van der Waals surface area contributed by atoms with E-state index in [2.05, 4.69) is 43.4 Å². The van der Waals surface area contributed by atoms with Crippen LogP contribution in [0.3, 0.4) is 0 Å². The minimum Gasteiger partial charge on any atom is -0.465 e. The van der Waals surface area contributed by atoms with Crippen molar-refractivity contribution in [3.05, 3.63) is 76.5 Å². The first-order valence-electron chi connectivity index (χ1n) is 11.6. The number of carbonyl (C=O) groups excluding carboxylic acids is 2. The smallest absolute Gasteiger partial charge is 0.337 e. The molecule has 2 N–H and O–H groups in total. The Labute approximate surface area is 229 Å². The van der Waals surface area contributed by atoms with Crippen molar-refractivity contribution in [3.8, 4) is 11.3 Å². The fraction of sp³-hybridized carbons (Fsp3) is 0.222. The number of furan rings is 1. The standard InChI is InChI=1S/C27H27BrN4O4S/c1-31-13-15-32(16-14-31)23-10-5-19(26(34)35-2)17-22(23)29-27(37)30-25(33)12-9-21-8-11-24(36-21)18-3-6-20(28)7-4-18/h3-12,17H,13-16H2,1-2H3,(H2,29,30,33,37)/b12-9+. The number of benzene rings is 2. The zero-order valence-corrected chi connectivity index (χ0v) is 22.9. The molecule has 1 aliphatic heterocycles. The first-order chi connectivity index (χ1) is 17.8. The highest BCUT2D eigenvalue weighted by molar-refractivity contribution is 9.10. The van der Waals surface area contributed by atoms with Gasteiger partial charge in [-0.05, 0) is 67.8 Å². The van der Waals surface area contributed by atoms with Gasteiger partial charge in [0, 0.05) is 42.3 Å². The molecule has 1 aromatic heterocycles. The number of rotatable bonds is 6. The lowest BCUT2D eigenvalue weighted by Crippen LogP contribution is -2.45. The van der Waals surface area contributed by atoms with E-state index in [1.165, 1.54) is 13.2 Å².